The topological polar surface area (TPSA) is 21.3 Å². The lowest BCUT2D eigenvalue weighted by molar-refractivity contribution is -0.175. The van der Waals surface area contributed by atoms with Crippen LogP contribution >= 0.6 is 22.9 Å². The van der Waals surface area contributed by atoms with Crippen LogP contribution in [-0.2, 0) is 4.74 Å². The molecule has 18 heavy (non-hydrogen) atoms. The molecular weight excluding hydrogens is 287 g/mol. The summed E-state index contributed by atoms with van der Waals surface area (Å²) >= 11 is 7.39. The first kappa shape index (κ1) is 15.8. The standard InChI is InChI=1S/C11H15ClF3NOS/c1-2-4-16-9(6-17-7-11(13,14)15)10-8(12)3-5-18-10/h3,5,9,16H,2,4,6-7H2,1H3. The van der Waals surface area contributed by atoms with Crippen LogP contribution < -0.4 is 5.32 Å². The van der Waals surface area contributed by atoms with Crippen LogP contribution in [0.1, 0.15) is 24.3 Å². The van der Waals surface area contributed by atoms with Crippen LogP contribution in [0.2, 0.25) is 5.02 Å². The highest BCUT2D eigenvalue weighted by Crippen LogP contribution is 2.29. The van der Waals surface area contributed by atoms with E-state index in [4.69, 9.17) is 16.3 Å². The van der Waals surface area contributed by atoms with Gasteiger partial charge < -0.3 is 10.1 Å². The Balaban J connectivity index is 2.54. The Morgan fingerprint density at radius 3 is 2.72 bits per heavy atom. The monoisotopic (exact) mass is 301 g/mol. The molecule has 0 aliphatic rings. The van der Waals surface area contributed by atoms with Crippen molar-refractivity contribution in [1.82, 2.24) is 5.32 Å². The number of nitrogens with one attached hydrogen (secondary N) is 1. The molecule has 0 amide bonds. The van der Waals surface area contributed by atoms with Gasteiger partial charge in [0.2, 0.25) is 0 Å². The molecule has 0 bridgehead atoms. The van der Waals surface area contributed by atoms with E-state index < -0.39 is 12.8 Å². The van der Waals surface area contributed by atoms with Crippen LogP contribution in [0, 0.1) is 0 Å². The molecule has 0 aliphatic heterocycles. The number of thiophene rings is 1. The fraction of sp³-hybridized carbons (Fsp3) is 0.636. The summed E-state index contributed by atoms with van der Waals surface area (Å²) in [4.78, 5) is 0.812. The molecule has 7 heteroatoms. The molecule has 0 saturated heterocycles. The lowest BCUT2D eigenvalue weighted by Crippen LogP contribution is -2.28. The molecule has 0 spiro atoms. The van der Waals surface area contributed by atoms with Crippen LogP contribution in [0.5, 0.6) is 0 Å². The minimum atomic E-state index is -4.30. The molecule has 1 aromatic rings. The molecule has 1 atom stereocenters. The van der Waals surface area contributed by atoms with Crippen LogP contribution in [0.3, 0.4) is 0 Å². The summed E-state index contributed by atoms with van der Waals surface area (Å²) in [5, 5.41) is 5.50. The van der Waals surface area contributed by atoms with Crippen molar-refractivity contribution in [1.29, 1.82) is 0 Å². The van der Waals surface area contributed by atoms with Gasteiger partial charge in [0.05, 0.1) is 17.7 Å². The van der Waals surface area contributed by atoms with Crippen molar-refractivity contribution < 1.29 is 17.9 Å². The number of hydrogen-bond acceptors (Lipinski definition) is 3. The van der Waals surface area contributed by atoms with Crippen molar-refractivity contribution in [3.63, 3.8) is 0 Å². The van der Waals surface area contributed by atoms with Gasteiger partial charge in [0.15, 0.2) is 0 Å². The first-order chi connectivity index (χ1) is 8.44. The second kappa shape index (κ2) is 7.33. The molecule has 0 saturated carbocycles. The molecule has 0 aliphatic carbocycles. The summed E-state index contributed by atoms with van der Waals surface area (Å²) in [6.07, 6.45) is -3.41. The Morgan fingerprint density at radius 1 is 1.50 bits per heavy atom. The summed E-state index contributed by atoms with van der Waals surface area (Å²) in [5.74, 6) is 0. The van der Waals surface area contributed by atoms with E-state index in [2.05, 4.69) is 5.32 Å². The van der Waals surface area contributed by atoms with Gasteiger partial charge in [-0.15, -0.1) is 11.3 Å². The highest BCUT2D eigenvalue weighted by molar-refractivity contribution is 7.10. The van der Waals surface area contributed by atoms with E-state index in [9.17, 15) is 13.2 Å². The van der Waals surface area contributed by atoms with Gasteiger partial charge in [-0.25, -0.2) is 0 Å². The molecule has 1 heterocycles. The zero-order valence-electron chi connectivity index (χ0n) is 9.89. The van der Waals surface area contributed by atoms with Gasteiger partial charge >= 0.3 is 6.18 Å². The summed E-state index contributed by atoms with van der Waals surface area (Å²) in [7, 11) is 0. The fourth-order valence-electron chi connectivity index (χ4n) is 1.39. The quantitative estimate of drug-likeness (QED) is 0.821. The Bertz CT molecular complexity index is 356. The predicted molar refractivity (Wildman–Crippen MR) is 67.2 cm³/mol. The normalized spacial score (nSPS) is 13.8. The van der Waals surface area contributed by atoms with Gasteiger partial charge in [-0.1, -0.05) is 18.5 Å². The zero-order valence-corrected chi connectivity index (χ0v) is 11.5. The number of hydrogen-bond donors (Lipinski definition) is 1. The smallest absolute Gasteiger partial charge is 0.370 e. The predicted octanol–water partition coefficient (Wildman–Crippen LogP) is 4.02. The average molecular weight is 302 g/mol. The van der Waals surface area contributed by atoms with Crippen LogP contribution in [0.4, 0.5) is 13.2 Å². The van der Waals surface area contributed by atoms with Crippen LogP contribution in [0.25, 0.3) is 0 Å². The van der Waals surface area contributed by atoms with Crippen molar-refractivity contribution in [3.05, 3.63) is 21.3 Å². The third kappa shape index (κ3) is 5.56. The van der Waals surface area contributed by atoms with E-state index >= 15 is 0 Å². The van der Waals surface area contributed by atoms with Gasteiger partial charge in [0.25, 0.3) is 0 Å². The molecule has 0 radical (unpaired) electrons. The number of halogens is 4. The van der Waals surface area contributed by atoms with Gasteiger partial charge in [-0.05, 0) is 24.4 Å². The van der Waals surface area contributed by atoms with Crippen molar-refractivity contribution >= 4 is 22.9 Å². The van der Waals surface area contributed by atoms with Crippen LogP contribution in [0.15, 0.2) is 11.4 Å². The fourth-order valence-corrected chi connectivity index (χ4v) is 2.64. The van der Waals surface area contributed by atoms with E-state index in [0.717, 1.165) is 11.3 Å². The number of alkyl halides is 3. The van der Waals surface area contributed by atoms with Crippen molar-refractivity contribution in [2.45, 2.75) is 25.6 Å². The molecule has 1 unspecified atom stereocenters. The van der Waals surface area contributed by atoms with Crippen molar-refractivity contribution in [2.24, 2.45) is 0 Å². The highest BCUT2D eigenvalue weighted by atomic mass is 35.5. The maximum Gasteiger partial charge on any atom is 0.411 e. The number of rotatable bonds is 7. The maximum atomic E-state index is 12.0. The summed E-state index contributed by atoms with van der Waals surface area (Å²) in [5.41, 5.74) is 0. The Labute approximate surface area is 113 Å². The van der Waals surface area contributed by atoms with E-state index in [1.54, 1.807) is 6.07 Å². The van der Waals surface area contributed by atoms with Crippen molar-refractivity contribution in [2.75, 3.05) is 19.8 Å². The maximum absolute atomic E-state index is 12.0. The largest absolute Gasteiger partial charge is 0.411 e. The number of ether oxygens (including phenoxy) is 1. The second-order valence-electron chi connectivity index (χ2n) is 3.77. The molecule has 0 fully saturated rings. The average Bonchev–Trinajstić information content (AvgIpc) is 2.68. The van der Waals surface area contributed by atoms with Gasteiger partial charge in [0, 0.05) is 4.88 Å². The molecule has 0 aromatic carbocycles. The summed E-state index contributed by atoms with van der Waals surface area (Å²) < 4.78 is 40.7. The Hall–Kier alpha value is -0.300. The minimum absolute atomic E-state index is 0.0419. The second-order valence-corrected chi connectivity index (χ2v) is 5.12. The molecule has 104 valence electrons. The van der Waals surface area contributed by atoms with Crippen molar-refractivity contribution in [3.8, 4) is 0 Å². The summed E-state index contributed by atoms with van der Waals surface area (Å²) in [6, 6.07) is 1.44. The van der Waals surface area contributed by atoms with Gasteiger partial charge in [0.1, 0.15) is 6.61 Å². The Morgan fingerprint density at radius 2 is 2.22 bits per heavy atom. The first-order valence-corrected chi connectivity index (χ1v) is 6.80. The van der Waals surface area contributed by atoms with E-state index in [1.807, 2.05) is 12.3 Å². The minimum Gasteiger partial charge on any atom is -0.370 e. The lowest BCUT2D eigenvalue weighted by Gasteiger charge is -2.18. The lowest BCUT2D eigenvalue weighted by atomic mass is 10.2. The third-order valence-electron chi connectivity index (χ3n) is 2.15. The highest BCUT2D eigenvalue weighted by Gasteiger charge is 2.28. The third-order valence-corrected chi connectivity index (χ3v) is 3.62. The molecule has 1 aromatic heterocycles. The zero-order chi connectivity index (χ0) is 13.6. The van der Waals surface area contributed by atoms with E-state index in [-0.39, 0.29) is 12.6 Å². The van der Waals surface area contributed by atoms with Crippen LogP contribution in [-0.4, -0.2) is 25.9 Å². The molecule has 1 N–H and O–H groups in total. The van der Waals surface area contributed by atoms with E-state index in [0.29, 0.717) is 11.6 Å². The molecule has 1 rings (SSSR count). The van der Waals surface area contributed by atoms with Gasteiger partial charge in [-0.2, -0.15) is 13.2 Å². The summed E-state index contributed by atoms with van der Waals surface area (Å²) in [6.45, 7) is 1.41. The molecule has 2 nitrogen and oxygen atoms in total. The Kier molecular flexibility index (Phi) is 6.42. The molecular formula is C11H15ClF3NOS. The van der Waals surface area contributed by atoms with E-state index in [1.165, 1.54) is 11.3 Å². The SMILES string of the molecule is CCCNC(COCC(F)(F)F)c1sccc1Cl. The first-order valence-electron chi connectivity index (χ1n) is 5.54. The van der Waals surface area contributed by atoms with Gasteiger partial charge in [-0.3, -0.25) is 0 Å².